The largest absolute Gasteiger partial charge is 0.507 e. The van der Waals surface area contributed by atoms with E-state index in [-0.39, 0.29) is 18.2 Å². The van der Waals surface area contributed by atoms with Gasteiger partial charge in [-0.05, 0) is 36.6 Å². The van der Waals surface area contributed by atoms with Crippen molar-refractivity contribution < 1.29 is 9.90 Å². The first kappa shape index (κ1) is 15.9. The van der Waals surface area contributed by atoms with E-state index in [9.17, 15) is 9.90 Å². The van der Waals surface area contributed by atoms with Gasteiger partial charge >= 0.3 is 0 Å². The number of hydrogen-bond donors (Lipinski definition) is 2. The van der Waals surface area contributed by atoms with Crippen LogP contribution in [0.5, 0.6) is 5.75 Å². The monoisotopic (exact) mass is 329 g/mol. The first-order valence-corrected chi connectivity index (χ1v) is 7.85. The normalized spacial score (nSPS) is 14.9. The van der Waals surface area contributed by atoms with E-state index in [0.717, 1.165) is 25.9 Å². The number of nitrogens with one attached hydrogen (secondary N) is 1. The molecule has 0 atom stereocenters. The number of piperidine rings is 1. The highest BCUT2D eigenvalue weighted by atomic mass is 16.3. The minimum atomic E-state index is -0.371. The Labute approximate surface area is 139 Å². The highest BCUT2D eigenvalue weighted by Gasteiger charge is 2.16. The van der Waals surface area contributed by atoms with Gasteiger partial charge in [-0.25, -0.2) is 5.43 Å². The minimum Gasteiger partial charge on any atom is -0.507 e. The highest BCUT2D eigenvalue weighted by molar-refractivity contribution is 5.84. The van der Waals surface area contributed by atoms with Crippen LogP contribution in [0.2, 0.25) is 0 Å². The summed E-state index contributed by atoms with van der Waals surface area (Å²) in [6.07, 6.45) is 4.84. The molecule has 3 rings (SSSR count). The van der Waals surface area contributed by atoms with Crippen LogP contribution in [0.15, 0.2) is 29.4 Å². The van der Waals surface area contributed by atoms with Crippen LogP contribution in [-0.4, -0.2) is 50.5 Å². The maximum Gasteiger partial charge on any atom is 0.266 e. The summed E-state index contributed by atoms with van der Waals surface area (Å²) in [6.45, 7) is 1.77. The quantitative estimate of drug-likeness (QED) is 0.611. The summed E-state index contributed by atoms with van der Waals surface area (Å²) in [5.74, 6) is 0.282. The molecule has 1 aliphatic heterocycles. The molecule has 1 aromatic heterocycles. The van der Waals surface area contributed by atoms with E-state index in [1.54, 1.807) is 24.3 Å². The Kier molecular flexibility index (Phi) is 4.99. The Bertz CT molecular complexity index is 722. The van der Waals surface area contributed by atoms with Gasteiger partial charge in [0.1, 0.15) is 12.3 Å². The van der Waals surface area contributed by atoms with Crippen LogP contribution in [0.4, 0.5) is 5.95 Å². The SMILES string of the molecule is O=C(Cn1nnc(N2CCCCC2)n1)NN=Cc1ccccc1O. The second-order valence-electron chi connectivity index (χ2n) is 5.52. The lowest BCUT2D eigenvalue weighted by atomic mass is 10.1. The summed E-state index contributed by atoms with van der Waals surface area (Å²) in [5.41, 5.74) is 2.89. The number of hydrazone groups is 1. The first-order valence-electron chi connectivity index (χ1n) is 7.85. The maximum atomic E-state index is 11.8. The summed E-state index contributed by atoms with van der Waals surface area (Å²) < 4.78 is 0. The molecule has 1 aromatic carbocycles. The van der Waals surface area contributed by atoms with Crippen LogP contribution in [0.3, 0.4) is 0 Å². The number of carbonyl (C=O) groups excluding carboxylic acids is 1. The fourth-order valence-electron chi connectivity index (χ4n) is 2.46. The molecule has 2 N–H and O–H groups in total. The van der Waals surface area contributed by atoms with Crippen molar-refractivity contribution in [2.45, 2.75) is 25.8 Å². The molecule has 0 spiro atoms. The van der Waals surface area contributed by atoms with Crippen LogP contribution in [-0.2, 0) is 11.3 Å². The zero-order chi connectivity index (χ0) is 16.8. The predicted molar refractivity (Wildman–Crippen MR) is 87.7 cm³/mol. The second kappa shape index (κ2) is 7.53. The summed E-state index contributed by atoms with van der Waals surface area (Å²) in [7, 11) is 0. The summed E-state index contributed by atoms with van der Waals surface area (Å²) in [5, 5.41) is 25.5. The average Bonchev–Trinajstić information content (AvgIpc) is 3.06. The van der Waals surface area contributed by atoms with E-state index in [1.807, 2.05) is 0 Å². The van der Waals surface area contributed by atoms with E-state index in [0.29, 0.717) is 11.5 Å². The zero-order valence-corrected chi connectivity index (χ0v) is 13.2. The third-order valence-corrected chi connectivity index (χ3v) is 3.70. The smallest absolute Gasteiger partial charge is 0.266 e. The Morgan fingerprint density at radius 1 is 1.29 bits per heavy atom. The van der Waals surface area contributed by atoms with Gasteiger partial charge in [-0.1, -0.05) is 17.2 Å². The van der Waals surface area contributed by atoms with Gasteiger partial charge in [0.15, 0.2) is 0 Å². The number of aromatic nitrogens is 4. The molecule has 1 fully saturated rings. The molecule has 24 heavy (non-hydrogen) atoms. The average molecular weight is 329 g/mol. The molecule has 0 radical (unpaired) electrons. The number of carbonyl (C=O) groups is 1. The van der Waals surface area contributed by atoms with Crippen LogP contribution < -0.4 is 10.3 Å². The number of phenols is 1. The molecule has 0 bridgehead atoms. The molecule has 1 aliphatic rings. The molecule has 9 nitrogen and oxygen atoms in total. The van der Waals surface area contributed by atoms with Crippen LogP contribution >= 0.6 is 0 Å². The van der Waals surface area contributed by atoms with Crippen molar-refractivity contribution >= 4 is 18.1 Å². The number of hydrogen-bond acceptors (Lipinski definition) is 7. The highest BCUT2D eigenvalue weighted by Crippen LogP contribution is 2.14. The van der Waals surface area contributed by atoms with Crippen molar-refractivity contribution in [3.8, 4) is 5.75 Å². The number of tetrazole rings is 1. The molecule has 9 heteroatoms. The third kappa shape index (κ3) is 4.06. The molecule has 2 heterocycles. The van der Waals surface area contributed by atoms with Gasteiger partial charge in [-0.2, -0.15) is 9.90 Å². The lowest BCUT2D eigenvalue weighted by molar-refractivity contribution is -0.122. The number of nitrogens with zero attached hydrogens (tertiary/aromatic N) is 6. The molecule has 126 valence electrons. The van der Waals surface area contributed by atoms with Crippen LogP contribution in [0.25, 0.3) is 0 Å². The van der Waals surface area contributed by atoms with Crippen LogP contribution in [0, 0.1) is 0 Å². The van der Waals surface area contributed by atoms with Crippen LogP contribution in [0.1, 0.15) is 24.8 Å². The lowest BCUT2D eigenvalue weighted by Crippen LogP contribution is -2.30. The maximum absolute atomic E-state index is 11.8. The Morgan fingerprint density at radius 2 is 2.08 bits per heavy atom. The Hall–Kier alpha value is -2.97. The van der Waals surface area contributed by atoms with Crippen molar-refractivity contribution in [2.24, 2.45) is 5.10 Å². The molecular weight excluding hydrogens is 310 g/mol. The molecule has 0 unspecified atom stereocenters. The van der Waals surface area contributed by atoms with E-state index in [1.165, 1.54) is 17.4 Å². The summed E-state index contributed by atoms with van der Waals surface area (Å²) in [4.78, 5) is 15.2. The minimum absolute atomic E-state index is 0.0705. The van der Waals surface area contributed by atoms with E-state index in [2.05, 4.69) is 30.8 Å². The second-order valence-corrected chi connectivity index (χ2v) is 5.52. The number of benzene rings is 1. The number of phenolic OH excluding ortho intramolecular Hbond substituents is 1. The molecule has 0 saturated carbocycles. The van der Waals surface area contributed by atoms with Gasteiger partial charge in [-0.15, -0.1) is 5.10 Å². The first-order chi connectivity index (χ1) is 11.7. The van der Waals surface area contributed by atoms with Gasteiger partial charge in [0, 0.05) is 18.7 Å². The van der Waals surface area contributed by atoms with Crippen molar-refractivity contribution in [2.75, 3.05) is 18.0 Å². The zero-order valence-electron chi connectivity index (χ0n) is 13.2. The Balaban J connectivity index is 1.52. The predicted octanol–water partition coefficient (Wildman–Crippen LogP) is 0.519. The van der Waals surface area contributed by atoms with Gasteiger partial charge < -0.3 is 10.0 Å². The third-order valence-electron chi connectivity index (χ3n) is 3.70. The number of rotatable bonds is 5. The molecule has 1 saturated heterocycles. The molecular formula is C15H19N7O2. The van der Waals surface area contributed by atoms with E-state index < -0.39 is 0 Å². The Morgan fingerprint density at radius 3 is 2.88 bits per heavy atom. The van der Waals surface area contributed by atoms with E-state index in [4.69, 9.17) is 0 Å². The van der Waals surface area contributed by atoms with Crippen molar-refractivity contribution in [3.63, 3.8) is 0 Å². The summed E-state index contributed by atoms with van der Waals surface area (Å²) >= 11 is 0. The lowest BCUT2D eigenvalue weighted by Gasteiger charge is -2.24. The summed E-state index contributed by atoms with van der Waals surface area (Å²) in [6, 6.07) is 6.71. The fourth-order valence-corrected chi connectivity index (χ4v) is 2.46. The van der Waals surface area contributed by atoms with Crippen molar-refractivity contribution in [1.82, 2.24) is 25.6 Å². The molecule has 2 aromatic rings. The van der Waals surface area contributed by atoms with Crippen molar-refractivity contribution in [3.05, 3.63) is 29.8 Å². The van der Waals surface area contributed by atoms with Gasteiger partial charge in [0.25, 0.3) is 11.9 Å². The number of para-hydroxylation sites is 1. The van der Waals surface area contributed by atoms with Gasteiger partial charge in [0.2, 0.25) is 0 Å². The number of anilines is 1. The molecule has 1 amide bonds. The van der Waals surface area contributed by atoms with E-state index >= 15 is 0 Å². The van der Waals surface area contributed by atoms with Gasteiger partial charge in [-0.3, -0.25) is 4.79 Å². The number of amides is 1. The topological polar surface area (TPSA) is 109 Å². The van der Waals surface area contributed by atoms with Gasteiger partial charge in [0.05, 0.1) is 6.21 Å². The molecule has 0 aliphatic carbocycles. The van der Waals surface area contributed by atoms with Crippen molar-refractivity contribution in [1.29, 1.82) is 0 Å². The fraction of sp³-hybridized carbons (Fsp3) is 0.400. The number of aromatic hydroxyl groups is 1. The standard InChI is InChI=1S/C15H19N7O2/c23-13-7-3-2-6-12(13)10-16-17-14(24)11-22-19-15(18-20-22)21-8-4-1-5-9-21/h2-3,6-7,10,23H,1,4-5,8-9,11H2,(H,17,24).